The van der Waals surface area contributed by atoms with Crippen molar-refractivity contribution in [3.8, 4) is 0 Å². The van der Waals surface area contributed by atoms with Crippen LogP contribution < -0.4 is 16.8 Å². The Kier molecular flexibility index (Phi) is 2.37. The topological polar surface area (TPSA) is 76.4 Å². The van der Waals surface area contributed by atoms with Gasteiger partial charge in [0.1, 0.15) is 11.4 Å². The molecule has 7 heteroatoms. The zero-order valence-corrected chi connectivity index (χ0v) is 8.51. The number of amidine groups is 1. The van der Waals surface area contributed by atoms with Gasteiger partial charge in [-0.1, -0.05) is 6.42 Å². The molecular formula is C9H13F3N4. The number of aliphatic imine (C=N–C) groups is 1. The highest BCUT2D eigenvalue weighted by Gasteiger charge is 2.44. The van der Waals surface area contributed by atoms with Gasteiger partial charge in [0.2, 0.25) is 0 Å². The van der Waals surface area contributed by atoms with Gasteiger partial charge in [-0.25, -0.2) is 4.99 Å². The van der Waals surface area contributed by atoms with Crippen molar-refractivity contribution in [3.05, 3.63) is 11.8 Å². The van der Waals surface area contributed by atoms with Crippen molar-refractivity contribution < 1.29 is 13.2 Å². The van der Waals surface area contributed by atoms with Crippen LogP contribution in [0.2, 0.25) is 0 Å². The lowest BCUT2D eigenvalue weighted by atomic mass is 9.79. The van der Waals surface area contributed by atoms with Crippen molar-refractivity contribution in [2.24, 2.45) is 22.4 Å². The molecule has 2 aliphatic rings. The van der Waals surface area contributed by atoms with Crippen LogP contribution in [0.1, 0.15) is 19.3 Å². The van der Waals surface area contributed by atoms with Gasteiger partial charge in [-0.2, -0.15) is 13.2 Å². The standard InChI is InChI=1S/C9H13F3N4/c10-8(11,12)6-4-15-9(14,16-7(6)13)5-2-1-3-5/h4-5,15H,1-3,14H2,(H2,13,16). The van der Waals surface area contributed by atoms with Gasteiger partial charge in [0.15, 0.2) is 5.79 Å². The summed E-state index contributed by atoms with van der Waals surface area (Å²) in [5.74, 6) is -1.66. The molecule has 1 atom stereocenters. The van der Waals surface area contributed by atoms with Crippen LogP contribution >= 0.6 is 0 Å². The summed E-state index contributed by atoms with van der Waals surface area (Å²) in [7, 11) is 0. The zero-order valence-electron chi connectivity index (χ0n) is 8.51. The third-order valence-corrected chi connectivity index (χ3v) is 3.06. The lowest BCUT2D eigenvalue weighted by molar-refractivity contribution is -0.0872. The number of halogens is 3. The average molecular weight is 234 g/mol. The predicted octanol–water partition coefficient (Wildman–Crippen LogP) is 0.806. The summed E-state index contributed by atoms with van der Waals surface area (Å²) in [6.07, 6.45) is -0.941. The first-order valence-electron chi connectivity index (χ1n) is 5.02. The number of nitrogens with two attached hydrogens (primary N) is 2. The summed E-state index contributed by atoms with van der Waals surface area (Å²) >= 11 is 0. The van der Waals surface area contributed by atoms with Crippen molar-refractivity contribution >= 4 is 5.84 Å². The van der Waals surface area contributed by atoms with E-state index in [1.54, 1.807) is 0 Å². The lowest BCUT2D eigenvalue weighted by Crippen LogP contribution is -2.60. The summed E-state index contributed by atoms with van der Waals surface area (Å²) in [5, 5.41) is 2.51. The number of hydrogen-bond acceptors (Lipinski definition) is 4. The second-order valence-corrected chi connectivity index (χ2v) is 4.15. The molecule has 0 aromatic carbocycles. The Bertz CT molecular complexity index is 356. The Morgan fingerprint density at radius 3 is 2.44 bits per heavy atom. The molecule has 0 spiro atoms. The van der Waals surface area contributed by atoms with Crippen molar-refractivity contribution in [2.45, 2.75) is 31.2 Å². The summed E-state index contributed by atoms with van der Waals surface area (Å²) in [5.41, 5.74) is 10.2. The molecular weight excluding hydrogens is 221 g/mol. The van der Waals surface area contributed by atoms with Crippen molar-refractivity contribution in [1.82, 2.24) is 5.32 Å². The number of nitrogens with zero attached hydrogens (tertiary/aromatic N) is 1. The third-order valence-electron chi connectivity index (χ3n) is 3.06. The number of nitrogens with one attached hydrogen (secondary N) is 1. The Balaban J connectivity index is 2.20. The van der Waals surface area contributed by atoms with Gasteiger partial charge in [-0.15, -0.1) is 0 Å². The highest BCUT2D eigenvalue weighted by molar-refractivity contribution is 5.98. The van der Waals surface area contributed by atoms with Gasteiger partial charge in [0.25, 0.3) is 0 Å². The SMILES string of the molecule is NC1=NC(N)(C2CCC2)NC=C1C(F)(F)F. The van der Waals surface area contributed by atoms with Gasteiger partial charge < -0.3 is 11.1 Å². The maximum atomic E-state index is 12.4. The van der Waals surface area contributed by atoms with Crippen LogP contribution in [0.5, 0.6) is 0 Å². The average Bonchev–Trinajstić information content (AvgIpc) is 1.95. The highest BCUT2D eigenvalue weighted by Crippen LogP contribution is 2.37. The van der Waals surface area contributed by atoms with Crippen LogP contribution in [-0.2, 0) is 0 Å². The largest absolute Gasteiger partial charge is 0.421 e. The first-order chi connectivity index (χ1) is 7.33. The molecule has 0 bridgehead atoms. The number of rotatable bonds is 1. The van der Waals surface area contributed by atoms with E-state index in [4.69, 9.17) is 11.5 Å². The van der Waals surface area contributed by atoms with Crippen LogP contribution in [0.15, 0.2) is 16.8 Å². The van der Waals surface area contributed by atoms with E-state index in [1.165, 1.54) is 0 Å². The molecule has 0 aromatic rings. The Hall–Kier alpha value is -1.24. The Labute approximate surface area is 90.6 Å². The normalized spacial score (nSPS) is 31.2. The molecule has 0 aromatic heterocycles. The second kappa shape index (κ2) is 3.38. The molecule has 0 radical (unpaired) electrons. The molecule has 16 heavy (non-hydrogen) atoms. The van der Waals surface area contributed by atoms with E-state index in [9.17, 15) is 13.2 Å². The fraction of sp³-hybridized carbons (Fsp3) is 0.667. The Morgan fingerprint density at radius 2 is 2.06 bits per heavy atom. The van der Waals surface area contributed by atoms with Crippen LogP contribution in [0.25, 0.3) is 0 Å². The summed E-state index contributed by atoms with van der Waals surface area (Å²) < 4.78 is 37.3. The Morgan fingerprint density at radius 1 is 1.44 bits per heavy atom. The maximum absolute atomic E-state index is 12.4. The van der Waals surface area contributed by atoms with E-state index in [0.717, 1.165) is 25.5 Å². The molecule has 1 fully saturated rings. The maximum Gasteiger partial charge on any atom is 0.421 e. The number of hydrogen-bond donors (Lipinski definition) is 3. The molecule has 1 unspecified atom stereocenters. The van der Waals surface area contributed by atoms with Gasteiger partial charge in [-0.3, -0.25) is 5.73 Å². The lowest BCUT2D eigenvalue weighted by Gasteiger charge is -2.41. The minimum atomic E-state index is -4.50. The minimum Gasteiger partial charge on any atom is -0.383 e. The minimum absolute atomic E-state index is 0.0529. The molecule has 90 valence electrons. The molecule has 1 aliphatic carbocycles. The van der Waals surface area contributed by atoms with Crippen LogP contribution in [-0.4, -0.2) is 17.8 Å². The van der Waals surface area contributed by atoms with E-state index in [-0.39, 0.29) is 5.92 Å². The molecule has 1 aliphatic heterocycles. The first kappa shape index (κ1) is 11.3. The predicted molar refractivity (Wildman–Crippen MR) is 53.2 cm³/mol. The van der Waals surface area contributed by atoms with Crippen molar-refractivity contribution in [3.63, 3.8) is 0 Å². The van der Waals surface area contributed by atoms with Crippen LogP contribution in [0.4, 0.5) is 13.2 Å². The molecule has 4 nitrogen and oxygen atoms in total. The quantitative estimate of drug-likeness (QED) is 0.628. The zero-order chi connectivity index (χ0) is 12.0. The van der Waals surface area contributed by atoms with E-state index in [0.29, 0.717) is 0 Å². The summed E-state index contributed by atoms with van der Waals surface area (Å²) in [6, 6.07) is 0. The van der Waals surface area contributed by atoms with Crippen LogP contribution in [0.3, 0.4) is 0 Å². The summed E-state index contributed by atoms with van der Waals surface area (Å²) in [6.45, 7) is 0. The number of alkyl halides is 3. The van der Waals surface area contributed by atoms with Gasteiger partial charge in [0, 0.05) is 12.1 Å². The van der Waals surface area contributed by atoms with Gasteiger partial charge in [-0.05, 0) is 12.8 Å². The van der Waals surface area contributed by atoms with Crippen LogP contribution in [0, 0.1) is 5.92 Å². The second-order valence-electron chi connectivity index (χ2n) is 4.15. The first-order valence-corrected chi connectivity index (χ1v) is 5.02. The fourth-order valence-corrected chi connectivity index (χ4v) is 1.84. The van der Waals surface area contributed by atoms with E-state index < -0.39 is 23.4 Å². The van der Waals surface area contributed by atoms with Crippen molar-refractivity contribution in [1.29, 1.82) is 0 Å². The van der Waals surface area contributed by atoms with Gasteiger partial charge in [0.05, 0.1) is 0 Å². The van der Waals surface area contributed by atoms with Crippen molar-refractivity contribution in [2.75, 3.05) is 0 Å². The summed E-state index contributed by atoms with van der Waals surface area (Å²) in [4.78, 5) is 3.76. The monoisotopic (exact) mass is 234 g/mol. The van der Waals surface area contributed by atoms with E-state index in [1.807, 2.05) is 0 Å². The molecule has 1 saturated carbocycles. The molecule has 0 amide bonds. The molecule has 0 saturated heterocycles. The third kappa shape index (κ3) is 1.75. The van der Waals surface area contributed by atoms with Gasteiger partial charge >= 0.3 is 6.18 Å². The molecule has 2 rings (SSSR count). The smallest absolute Gasteiger partial charge is 0.383 e. The molecule has 5 N–H and O–H groups in total. The highest BCUT2D eigenvalue weighted by atomic mass is 19.4. The van der Waals surface area contributed by atoms with E-state index in [2.05, 4.69) is 10.3 Å². The fourth-order valence-electron chi connectivity index (χ4n) is 1.84. The molecule has 1 heterocycles. The van der Waals surface area contributed by atoms with E-state index >= 15 is 0 Å².